The predicted molar refractivity (Wildman–Crippen MR) is 78.0 cm³/mol. The molecule has 0 fully saturated rings. The largest absolute Gasteiger partial charge is 0.332 e. The van der Waals surface area contributed by atoms with E-state index in [0.717, 1.165) is 5.56 Å². The second-order valence-electron chi connectivity index (χ2n) is 4.38. The molecule has 0 saturated heterocycles. The van der Waals surface area contributed by atoms with E-state index in [1.165, 1.54) is 6.20 Å². The van der Waals surface area contributed by atoms with Crippen LogP contribution in [-0.2, 0) is 23.0 Å². The SMILES string of the molecule is CCc1ncc(S(=O)(=O)Nc2cccc(CNC)c2)[nH]1. The van der Waals surface area contributed by atoms with Crippen LogP contribution in [0.4, 0.5) is 5.69 Å². The summed E-state index contributed by atoms with van der Waals surface area (Å²) >= 11 is 0. The third-order valence-electron chi connectivity index (χ3n) is 2.79. The van der Waals surface area contributed by atoms with Crippen LogP contribution in [0.5, 0.6) is 0 Å². The Morgan fingerprint density at radius 1 is 1.35 bits per heavy atom. The number of hydrogen-bond donors (Lipinski definition) is 3. The Bertz CT molecular complexity index is 679. The highest BCUT2D eigenvalue weighted by Gasteiger charge is 2.17. The highest BCUT2D eigenvalue weighted by atomic mass is 32.2. The number of benzene rings is 1. The summed E-state index contributed by atoms with van der Waals surface area (Å²) in [6, 6.07) is 7.26. The number of hydrogen-bond acceptors (Lipinski definition) is 4. The van der Waals surface area contributed by atoms with Crippen LogP contribution < -0.4 is 10.0 Å². The maximum atomic E-state index is 12.2. The van der Waals surface area contributed by atoms with Gasteiger partial charge in [-0.1, -0.05) is 19.1 Å². The van der Waals surface area contributed by atoms with Crippen LogP contribution in [0.2, 0.25) is 0 Å². The summed E-state index contributed by atoms with van der Waals surface area (Å²) in [7, 11) is -1.78. The number of nitrogens with zero attached hydrogens (tertiary/aromatic N) is 1. The van der Waals surface area contributed by atoms with Crippen molar-refractivity contribution in [3.05, 3.63) is 41.9 Å². The molecule has 108 valence electrons. The van der Waals surface area contributed by atoms with Gasteiger partial charge >= 0.3 is 0 Å². The molecule has 6 nitrogen and oxygen atoms in total. The van der Waals surface area contributed by atoms with Crippen molar-refractivity contribution in [3.63, 3.8) is 0 Å². The lowest BCUT2D eigenvalue weighted by molar-refractivity contribution is 0.598. The van der Waals surface area contributed by atoms with Gasteiger partial charge in [0.2, 0.25) is 0 Å². The molecule has 7 heteroatoms. The number of rotatable bonds is 6. The second-order valence-corrected chi connectivity index (χ2v) is 6.03. The average molecular weight is 294 g/mol. The summed E-state index contributed by atoms with van der Waals surface area (Å²) < 4.78 is 26.9. The van der Waals surface area contributed by atoms with E-state index in [1.54, 1.807) is 12.1 Å². The van der Waals surface area contributed by atoms with Gasteiger partial charge in [0.15, 0.2) is 5.03 Å². The number of aromatic nitrogens is 2. The van der Waals surface area contributed by atoms with Crippen molar-refractivity contribution in [2.45, 2.75) is 24.9 Å². The molecule has 0 unspecified atom stereocenters. The van der Waals surface area contributed by atoms with Gasteiger partial charge in [-0.3, -0.25) is 4.72 Å². The van der Waals surface area contributed by atoms with Gasteiger partial charge in [0.25, 0.3) is 10.0 Å². The molecular weight excluding hydrogens is 276 g/mol. The Labute approximate surface area is 118 Å². The first kappa shape index (κ1) is 14.5. The molecule has 0 aliphatic rings. The molecule has 1 heterocycles. The number of nitrogens with one attached hydrogen (secondary N) is 3. The van der Waals surface area contributed by atoms with Crippen molar-refractivity contribution in [2.75, 3.05) is 11.8 Å². The summed E-state index contributed by atoms with van der Waals surface area (Å²) in [4.78, 5) is 6.79. The summed E-state index contributed by atoms with van der Waals surface area (Å²) in [6.07, 6.45) is 1.99. The molecule has 0 radical (unpaired) electrons. The molecule has 0 amide bonds. The van der Waals surface area contributed by atoms with E-state index >= 15 is 0 Å². The standard InChI is InChI=1S/C13H18N4O2S/c1-3-12-15-9-13(16-12)20(18,19)17-11-6-4-5-10(7-11)8-14-2/h4-7,9,14,17H,3,8H2,1-2H3,(H,15,16). The monoisotopic (exact) mass is 294 g/mol. The summed E-state index contributed by atoms with van der Waals surface area (Å²) in [5, 5.41) is 3.10. The van der Waals surface area contributed by atoms with Crippen LogP contribution in [0.1, 0.15) is 18.3 Å². The summed E-state index contributed by atoms with van der Waals surface area (Å²) in [5.41, 5.74) is 1.54. The highest BCUT2D eigenvalue weighted by molar-refractivity contribution is 7.92. The Morgan fingerprint density at radius 3 is 2.80 bits per heavy atom. The number of anilines is 1. The number of aromatic amines is 1. The number of imidazole rings is 1. The lowest BCUT2D eigenvalue weighted by atomic mass is 10.2. The van der Waals surface area contributed by atoms with E-state index in [4.69, 9.17) is 0 Å². The smallest absolute Gasteiger partial charge is 0.278 e. The average Bonchev–Trinajstić information content (AvgIpc) is 2.88. The minimum Gasteiger partial charge on any atom is -0.332 e. The maximum absolute atomic E-state index is 12.2. The van der Waals surface area contributed by atoms with Crippen LogP contribution in [0.15, 0.2) is 35.5 Å². The molecule has 0 atom stereocenters. The van der Waals surface area contributed by atoms with E-state index in [1.807, 2.05) is 26.1 Å². The highest BCUT2D eigenvalue weighted by Crippen LogP contribution is 2.16. The van der Waals surface area contributed by atoms with Gasteiger partial charge in [0.05, 0.1) is 6.20 Å². The van der Waals surface area contributed by atoms with Gasteiger partial charge in [-0.05, 0) is 24.7 Å². The Kier molecular flexibility index (Phi) is 4.41. The molecule has 1 aromatic carbocycles. The first-order valence-corrected chi connectivity index (χ1v) is 7.83. The summed E-state index contributed by atoms with van der Waals surface area (Å²) in [6.45, 7) is 2.59. The molecule has 0 saturated carbocycles. The minimum atomic E-state index is -3.62. The first-order chi connectivity index (χ1) is 9.55. The van der Waals surface area contributed by atoms with E-state index in [-0.39, 0.29) is 5.03 Å². The molecule has 2 aromatic rings. The third-order valence-corrected chi connectivity index (χ3v) is 4.08. The third kappa shape index (κ3) is 3.37. The zero-order chi connectivity index (χ0) is 14.6. The fraction of sp³-hybridized carbons (Fsp3) is 0.308. The van der Waals surface area contributed by atoms with Crippen molar-refractivity contribution in [2.24, 2.45) is 0 Å². The molecule has 0 aliphatic heterocycles. The molecular formula is C13H18N4O2S. The Morgan fingerprint density at radius 2 is 2.15 bits per heavy atom. The van der Waals surface area contributed by atoms with Gasteiger partial charge in [-0.15, -0.1) is 0 Å². The van der Waals surface area contributed by atoms with Crippen LogP contribution in [0, 0.1) is 0 Å². The lowest BCUT2D eigenvalue weighted by Crippen LogP contribution is -2.14. The number of H-pyrrole nitrogens is 1. The van der Waals surface area contributed by atoms with E-state index in [2.05, 4.69) is 20.0 Å². The molecule has 3 N–H and O–H groups in total. The minimum absolute atomic E-state index is 0.0772. The quantitative estimate of drug-likeness (QED) is 0.753. The van der Waals surface area contributed by atoms with Crippen LogP contribution in [-0.4, -0.2) is 25.4 Å². The molecule has 2 rings (SSSR count). The zero-order valence-corrected chi connectivity index (χ0v) is 12.3. The molecule has 0 aliphatic carbocycles. The van der Waals surface area contributed by atoms with Gasteiger partial charge in [-0.2, -0.15) is 8.42 Å². The van der Waals surface area contributed by atoms with Crippen molar-refractivity contribution in [1.29, 1.82) is 0 Å². The molecule has 1 aromatic heterocycles. The zero-order valence-electron chi connectivity index (χ0n) is 11.5. The normalized spacial score (nSPS) is 11.5. The van der Waals surface area contributed by atoms with Gasteiger partial charge in [-0.25, -0.2) is 4.98 Å². The van der Waals surface area contributed by atoms with Crippen LogP contribution in [0.3, 0.4) is 0 Å². The van der Waals surface area contributed by atoms with Crippen molar-refractivity contribution >= 4 is 15.7 Å². The Balaban J connectivity index is 2.21. The Hall–Kier alpha value is -1.86. The first-order valence-electron chi connectivity index (χ1n) is 6.35. The lowest BCUT2D eigenvalue weighted by Gasteiger charge is -2.08. The van der Waals surface area contributed by atoms with E-state index in [0.29, 0.717) is 24.5 Å². The fourth-order valence-electron chi connectivity index (χ4n) is 1.82. The van der Waals surface area contributed by atoms with Crippen molar-refractivity contribution in [1.82, 2.24) is 15.3 Å². The number of aryl methyl sites for hydroxylation is 1. The molecule has 20 heavy (non-hydrogen) atoms. The molecule has 0 bridgehead atoms. The van der Waals surface area contributed by atoms with E-state index in [9.17, 15) is 8.42 Å². The van der Waals surface area contributed by atoms with Crippen molar-refractivity contribution in [3.8, 4) is 0 Å². The number of sulfonamides is 1. The van der Waals surface area contributed by atoms with Gasteiger partial charge < -0.3 is 10.3 Å². The summed E-state index contributed by atoms with van der Waals surface area (Å²) in [5.74, 6) is 0.648. The van der Waals surface area contributed by atoms with E-state index < -0.39 is 10.0 Å². The predicted octanol–water partition coefficient (Wildman–Crippen LogP) is 1.49. The second kappa shape index (κ2) is 6.06. The van der Waals surface area contributed by atoms with Gasteiger partial charge in [0.1, 0.15) is 5.82 Å². The fourth-order valence-corrected chi connectivity index (χ4v) is 2.81. The topological polar surface area (TPSA) is 86.9 Å². The van der Waals surface area contributed by atoms with Gasteiger partial charge in [0, 0.05) is 18.7 Å². The molecule has 0 spiro atoms. The van der Waals surface area contributed by atoms with Crippen molar-refractivity contribution < 1.29 is 8.42 Å². The van der Waals surface area contributed by atoms with Crippen LogP contribution in [0.25, 0.3) is 0 Å². The van der Waals surface area contributed by atoms with Crippen LogP contribution >= 0.6 is 0 Å². The maximum Gasteiger partial charge on any atom is 0.278 e.